The maximum absolute atomic E-state index is 11.9. The zero-order valence-corrected chi connectivity index (χ0v) is 15.1. The standard InChI is InChI=1S/C19H19N3O3S/c1-26(24,25)12-8-9-16-15(10-12)19(21-11-20-16)22-17-6-2-5-14-13(17)4-3-7-18(14)23/h3-4,7-11,17,23H,2,5-6H2,1H3,(H,20,21,22). The Labute approximate surface area is 151 Å². The summed E-state index contributed by atoms with van der Waals surface area (Å²) >= 11 is 0. The van der Waals surface area contributed by atoms with E-state index in [4.69, 9.17) is 0 Å². The number of nitrogens with zero attached hydrogens (tertiary/aromatic N) is 2. The first kappa shape index (κ1) is 16.8. The van der Waals surface area contributed by atoms with Crippen LogP contribution in [-0.2, 0) is 16.3 Å². The van der Waals surface area contributed by atoms with E-state index in [-0.39, 0.29) is 10.9 Å². The molecule has 1 aliphatic rings. The molecular formula is C19H19N3O3S. The van der Waals surface area contributed by atoms with Gasteiger partial charge in [-0.05, 0) is 54.7 Å². The summed E-state index contributed by atoms with van der Waals surface area (Å²) in [7, 11) is -3.31. The second-order valence-corrected chi connectivity index (χ2v) is 8.62. The third-order valence-electron chi connectivity index (χ3n) is 4.83. The topological polar surface area (TPSA) is 92.2 Å². The molecule has 0 amide bonds. The number of nitrogens with one attached hydrogen (secondary N) is 1. The number of fused-ring (bicyclic) bond motifs is 2. The first-order valence-corrected chi connectivity index (χ1v) is 10.3. The van der Waals surface area contributed by atoms with Gasteiger partial charge in [0.1, 0.15) is 17.9 Å². The molecule has 1 aliphatic carbocycles. The van der Waals surface area contributed by atoms with Crippen LogP contribution in [-0.4, -0.2) is 29.7 Å². The quantitative estimate of drug-likeness (QED) is 0.736. The van der Waals surface area contributed by atoms with Crippen LogP contribution in [0.4, 0.5) is 5.82 Å². The van der Waals surface area contributed by atoms with Crippen LogP contribution in [0.2, 0.25) is 0 Å². The van der Waals surface area contributed by atoms with E-state index in [1.165, 1.54) is 12.6 Å². The monoisotopic (exact) mass is 369 g/mol. The van der Waals surface area contributed by atoms with Gasteiger partial charge in [0.25, 0.3) is 0 Å². The lowest BCUT2D eigenvalue weighted by atomic mass is 9.87. The molecule has 1 heterocycles. The molecule has 0 spiro atoms. The SMILES string of the molecule is CS(=O)(=O)c1ccc2ncnc(NC3CCCc4c(O)cccc43)c2c1. The molecule has 26 heavy (non-hydrogen) atoms. The van der Waals surface area contributed by atoms with Crippen molar-refractivity contribution in [1.82, 2.24) is 9.97 Å². The molecule has 2 aromatic carbocycles. The van der Waals surface area contributed by atoms with E-state index in [1.54, 1.807) is 24.3 Å². The second-order valence-electron chi connectivity index (χ2n) is 6.61. The molecule has 2 N–H and O–H groups in total. The van der Waals surface area contributed by atoms with Crippen molar-refractivity contribution in [3.63, 3.8) is 0 Å². The fraction of sp³-hybridized carbons (Fsp3) is 0.263. The Morgan fingerprint density at radius 3 is 2.85 bits per heavy atom. The number of benzene rings is 2. The van der Waals surface area contributed by atoms with Crippen LogP contribution in [0.25, 0.3) is 10.9 Å². The fourth-order valence-electron chi connectivity index (χ4n) is 3.53. The summed E-state index contributed by atoms with van der Waals surface area (Å²) in [6, 6.07) is 10.4. The van der Waals surface area contributed by atoms with Crippen molar-refractivity contribution in [3.05, 3.63) is 53.9 Å². The van der Waals surface area contributed by atoms with Gasteiger partial charge in [-0.25, -0.2) is 18.4 Å². The Hall–Kier alpha value is -2.67. The summed E-state index contributed by atoms with van der Waals surface area (Å²) in [5, 5.41) is 14.2. The predicted octanol–water partition coefficient (Wildman–Crippen LogP) is 3.23. The number of aromatic nitrogens is 2. The van der Waals surface area contributed by atoms with E-state index < -0.39 is 9.84 Å². The van der Waals surface area contributed by atoms with Crippen molar-refractivity contribution in [2.24, 2.45) is 0 Å². The molecule has 7 heteroatoms. The van der Waals surface area contributed by atoms with Crippen molar-refractivity contribution < 1.29 is 13.5 Å². The van der Waals surface area contributed by atoms with Gasteiger partial charge in [0, 0.05) is 11.6 Å². The third kappa shape index (κ3) is 2.99. The lowest BCUT2D eigenvalue weighted by molar-refractivity contribution is 0.457. The first-order valence-electron chi connectivity index (χ1n) is 8.45. The van der Waals surface area contributed by atoms with Crippen LogP contribution in [0.3, 0.4) is 0 Å². The van der Waals surface area contributed by atoms with Gasteiger partial charge in [-0.15, -0.1) is 0 Å². The van der Waals surface area contributed by atoms with E-state index in [2.05, 4.69) is 15.3 Å². The number of phenols is 1. The molecule has 0 aliphatic heterocycles. The molecule has 134 valence electrons. The molecule has 0 saturated carbocycles. The lowest BCUT2D eigenvalue weighted by Gasteiger charge is -2.27. The van der Waals surface area contributed by atoms with Crippen LogP contribution in [0.1, 0.15) is 30.0 Å². The summed E-state index contributed by atoms with van der Waals surface area (Å²) in [4.78, 5) is 8.81. The smallest absolute Gasteiger partial charge is 0.175 e. The zero-order chi connectivity index (χ0) is 18.3. The second kappa shape index (κ2) is 6.25. The molecule has 1 aromatic heterocycles. The van der Waals surface area contributed by atoms with Gasteiger partial charge in [-0.2, -0.15) is 0 Å². The summed E-state index contributed by atoms with van der Waals surface area (Å²) in [6.07, 6.45) is 5.37. The number of anilines is 1. The largest absolute Gasteiger partial charge is 0.508 e. The number of rotatable bonds is 3. The summed E-state index contributed by atoms with van der Waals surface area (Å²) in [5.74, 6) is 0.919. The number of phenolic OH excluding ortho intramolecular Hbond substituents is 1. The summed E-state index contributed by atoms with van der Waals surface area (Å²) in [5.41, 5.74) is 2.70. The van der Waals surface area contributed by atoms with Gasteiger partial charge in [0.05, 0.1) is 16.5 Å². The Morgan fingerprint density at radius 2 is 2.04 bits per heavy atom. The van der Waals surface area contributed by atoms with Gasteiger partial charge in [0.15, 0.2) is 9.84 Å². The molecule has 0 fully saturated rings. The van der Waals surface area contributed by atoms with Gasteiger partial charge in [-0.1, -0.05) is 12.1 Å². The van der Waals surface area contributed by atoms with Crippen LogP contribution < -0.4 is 5.32 Å². The molecule has 0 saturated heterocycles. The molecule has 6 nitrogen and oxygen atoms in total. The van der Waals surface area contributed by atoms with Crippen molar-refractivity contribution in [2.75, 3.05) is 11.6 Å². The fourth-order valence-corrected chi connectivity index (χ4v) is 4.17. The molecule has 0 bridgehead atoms. The Morgan fingerprint density at radius 1 is 1.19 bits per heavy atom. The van der Waals surface area contributed by atoms with Crippen molar-refractivity contribution in [3.8, 4) is 5.75 Å². The van der Waals surface area contributed by atoms with Crippen molar-refractivity contribution in [1.29, 1.82) is 0 Å². The third-order valence-corrected chi connectivity index (χ3v) is 5.94. The summed E-state index contributed by atoms with van der Waals surface area (Å²) in [6.45, 7) is 0. The highest BCUT2D eigenvalue weighted by atomic mass is 32.2. The number of hydrogen-bond acceptors (Lipinski definition) is 6. The minimum absolute atomic E-state index is 0.00541. The maximum atomic E-state index is 11.9. The lowest BCUT2D eigenvalue weighted by Crippen LogP contribution is -2.18. The average Bonchev–Trinajstić information content (AvgIpc) is 2.62. The minimum atomic E-state index is -3.31. The highest BCUT2D eigenvalue weighted by Crippen LogP contribution is 2.37. The predicted molar refractivity (Wildman–Crippen MR) is 100 cm³/mol. The van der Waals surface area contributed by atoms with Crippen molar-refractivity contribution >= 4 is 26.6 Å². The average molecular weight is 369 g/mol. The van der Waals surface area contributed by atoms with Crippen LogP contribution in [0.5, 0.6) is 5.75 Å². The van der Waals surface area contributed by atoms with Gasteiger partial charge in [-0.3, -0.25) is 0 Å². The maximum Gasteiger partial charge on any atom is 0.175 e. The molecule has 1 unspecified atom stereocenters. The van der Waals surface area contributed by atoms with Gasteiger partial charge < -0.3 is 10.4 Å². The van der Waals surface area contributed by atoms with E-state index in [0.29, 0.717) is 22.5 Å². The molecule has 3 aromatic rings. The Balaban J connectivity index is 1.78. The Bertz CT molecular complexity index is 1100. The molecule has 1 atom stereocenters. The molecule has 4 rings (SSSR count). The highest BCUT2D eigenvalue weighted by Gasteiger charge is 2.23. The molecule has 0 radical (unpaired) electrons. The highest BCUT2D eigenvalue weighted by molar-refractivity contribution is 7.90. The van der Waals surface area contributed by atoms with E-state index in [0.717, 1.165) is 30.4 Å². The van der Waals surface area contributed by atoms with E-state index in [9.17, 15) is 13.5 Å². The van der Waals surface area contributed by atoms with Crippen LogP contribution >= 0.6 is 0 Å². The zero-order valence-electron chi connectivity index (χ0n) is 14.3. The van der Waals surface area contributed by atoms with E-state index >= 15 is 0 Å². The molecular weight excluding hydrogens is 350 g/mol. The first-order chi connectivity index (χ1) is 12.4. The van der Waals surface area contributed by atoms with Gasteiger partial charge in [0.2, 0.25) is 0 Å². The number of sulfone groups is 1. The van der Waals surface area contributed by atoms with Crippen LogP contribution in [0, 0.1) is 0 Å². The normalized spacial score (nSPS) is 17.0. The number of aromatic hydroxyl groups is 1. The van der Waals surface area contributed by atoms with Crippen molar-refractivity contribution in [2.45, 2.75) is 30.2 Å². The van der Waals surface area contributed by atoms with E-state index in [1.807, 2.05) is 12.1 Å². The number of hydrogen-bond donors (Lipinski definition) is 2. The van der Waals surface area contributed by atoms with Crippen LogP contribution in [0.15, 0.2) is 47.6 Å². The minimum Gasteiger partial charge on any atom is -0.508 e. The van der Waals surface area contributed by atoms with Gasteiger partial charge >= 0.3 is 0 Å². The summed E-state index contributed by atoms with van der Waals surface area (Å²) < 4.78 is 23.8. The Kier molecular flexibility index (Phi) is 4.03.